The Labute approximate surface area is 142 Å². The number of hydrazone groups is 1. The number of ether oxygens (including phenoxy) is 1. The fourth-order valence-electron chi connectivity index (χ4n) is 2.14. The summed E-state index contributed by atoms with van der Waals surface area (Å²) in [4.78, 5) is 22.1. The summed E-state index contributed by atoms with van der Waals surface area (Å²) in [5, 5.41) is 30.7. The summed E-state index contributed by atoms with van der Waals surface area (Å²) < 4.78 is 6.33. The molecule has 1 amide bonds. The molecule has 25 heavy (non-hydrogen) atoms. The normalized spacial score (nSPS) is 10.8. The molecule has 0 spiro atoms. The topological polar surface area (TPSA) is 135 Å². The van der Waals surface area contributed by atoms with Gasteiger partial charge >= 0.3 is 0 Å². The zero-order valence-corrected chi connectivity index (χ0v) is 13.8. The first-order chi connectivity index (χ1) is 11.8. The van der Waals surface area contributed by atoms with Crippen LogP contribution in [-0.4, -0.2) is 33.9 Å². The van der Waals surface area contributed by atoms with E-state index in [0.717, 1.165) is 29.7 Å². The first kappa shape index (κ1) is 17.9. The van der Waals surface area contributed by atoms with Gasteiger partial charge in [0.05, 0.1) is 30.0 Å². The van der Waals surface area contributed by atoms with Crippen molar-refractivity contribution in [2.45, 2.75) is 20.4 Å². The Bertz CT molecular complexity index is 843. The molecule has 2 aromatic rings. The summed E-state index contributed by atoms with van der Waals surface area (Å²) in [5.74, 6) is -1.19. The average molecular weight is 346 g/mol. The van der Waals surface area contributed by atoms with Crippen LogP contribution in [0.25, 0.3) is 0 Å². The Morgan fingerprint density at radius 3 is 2.72 bits per heavy atom. The number of non-ortho nitro benzene ring substituents is 1. The zero-order chi connectivity index (χ0) is 18.6. The Morgan fingerprint density at radius 2 is 2.16 bits per heavy atom. The van der Waals surface area contributed by atoms with Crippen LogP contribution < -0.4 is 15.3 Å². The van der Waals surface area contributed by atoms with E-state index in [1.54, 1.807) is 0 Å². The average Bonchev–Trinajstić information content (AvgIpc) is 2.86. The Kier molecular flexibility index (Phi) is 5.32. The maximum atomic E-state index is 12.0. The first-order valence-corrected chi connectivity index (χ1v) is 7.18. The van der Waals surface area contributed by atoms with Gasteiger partial charge in [-0.3, -0.25) is 19.6 Å². The van der Waals surface area contributed by atoms with Crippen LogP contribution in [0.3, 0.4) is 0 Å². The SMILES string of the molecule is COc1cc([N+](=O)[O-])cc(/C=N\NC(=O)Cn2nc(C)cc2C)c1[O-]. The molecule has 0 unspecified atom stereocenters. The second-order valence-corrected chi connectivity index (χ2v) is 5.20. The Balaban J connectivity index is 2.11. The predicted octanol–water partition coefficient (Wildman–Crippen LogP) is 0.641. The van der Waals surface area contributed by atoms with E-state index in [1.165, 1.54) is 11.8 Å². The molecule has 132 valence electrons. The van der Waals surface area contributed by atoms with Gasteiger partial charge in [-0.1, -0.05) is 5.75 Å². The van der Waals surface area contributed by atoms with Gasteiger partial charge in [0.2, 0.25) is 0 Å². The number of nitrogens with one attached hydrogen (secondary N) is 1. The molecule has 0 saturated carbocycles. The van der Waals surface area contributed by atoms with Crippen molar-refractivity contribution in [3.63, 3.8) is 0 Å². The number of nitro benzene ring substituents is 1. The molecule has 0 fully saturated rings. The molecule has 0 aliphatic heterocycles. The van der Waals surface area contributed by atoms with Crippen molar-refractivity contribution in [1.82, 2.24) is 15.2 Å². The van der Waals surface area contributed by atoms with Crippen molar-refractivity contribution >= 4 is 17.8 Å². The summed E-state index contributed by atoms with van der Waals surface area (Å²) in [7, 11) is 1.23. The van der Waals surface area contributed by atoms with Crippen molar-refractivity contribution in [3.8, 4) is 11.5 Å². The fraction of sp³-hybridized carbons (Fsp3) is 0.267. The number of hydrogen-bond donors (Lipinski definition) is 1. The van der Waals surface area contributed by atoms with Gasteiger partial charge in [0.25, 0.3) is 11.6 Å². The molecular formula is C15H16N5O5-. The quantitative estimate of drug-likeness (QED) is 0.463. The van der Waals surface area contributed by atoms with Crippen LogP contribution in [0, 0.1) is 24.0 Å². The minimum Gasteiger partial charge on any atom is -0.870 e. The highest BCUT2D eigenvalue weighted by atomic mass is 16.6. The number of amides is 1. The standard InChI is InChI=1S/C15H17N5O5/c1-9-4-10(2)19(18-9)8-14(21)17-16-7-11-5-12(20(23)24)6-13(25-3)15(11)22/h4-7,22H,8H2,1-3H3,(H,17,21)/p-1/b16-7-. The molecular weight excluding hydrogens is 330 g/mol. The number of nitro groups is 1. The fourth-order valence-corrected chi connectivity index (χ4v) is 2.14. The molecule has 0 aliphatic carbocycles. The predicted molar refractivity (Wildman–Crippen MR) is 86.5 cm³/mol. The zero-order valence-electron chi connectivity index (χ0n) is 13.8. The maximum Gasteiger partial charge on any atom is 0.273 e. The molecule has 1 aromatic heterocycles. The number of methoxy groups -OCH3 is 1. The van der Waals surface area contributed by atoms with Gasteiger partial charge < -0.3 is 9.84 Å². The number of rotatable bonds is 6. The van der Waals surface area contributed by atoms with E-state index in [-0.39, 0.29) is 23.5 Å². The second-order valence-electron chi connectivity index (χ2n) is 5.20. The van der Waals surface area contributed by atoms with Crippen molar-refractivity contribution in [2.24, 2.45) is 5.10 Å². The third-order valence-corrected chi connectivity index (χ3v) is 3.29. The highest BCUT2D eigenvalue weighted by Gasteiger charge is 2.11. The highest BCUT2D eigenvalue weighted by molar-refractivity contribution is 5.87. The molecule has 10 heteroatoms. The largest absolute Gasteiger partial charge is 0.870 e. The smallest absolute Gasteiger partial charge is 0.273 e. The molecule has 0 aliphatic rings. The molecule has 0 bridgehead atoms. The van der Waals surface area contributed by atoms with E-state index in [4.69, 9.17) is 4.74 Å². The number of benzene rings is 1. The van der Waals surface area contributed by atoms with Crippen LogP contribution in [-0.2, 0) is 11.3 Å². The van der Waals surface area contributed by atoms with E-state index in [2.05, 4.69) is 15.6 Å². The van der Waals surface area contributed by atoms with Crippen LogP contribution in [0.5, 0.6) is 11.5 Å². The van der Waals surface area contributed by atoms with Crippen molar-refractivity contribution in [3.05, 3.63) is 45.3 Å². The lowest BCUT2D eigenvalue weighted by Gasteiger charge is -2.14. The molecule has 1 N–H and O–H groups in total. The van der Waals surface area contributed by atoms with Gasteiger partial charge in [-0.05, 0) is 25.5 Å². The van der Waals surface area contributed by atoms with Crippen LogP contribution in [0.4, 0.5) is 5.69 Å². The molecule has 10 nitrogen and oxygen atoms in total. The van der Waals surface area contributed by atoms with E-state index in [0.29, 0.717) is 0 Å². The van der Waals surface area contributed by atoms with Crippen LogP contribution in [0.1, 0.15) is 17.0 Å². The monoisotopic (exact) mass is 346 g/mol. The highest BCUT2D eigenvalue weighted by Crippen LogP contribution is 2.31. The second kappa shape index (κ2) is 7.43. The number of aryl methyl sites for hydroxylation is 2. The molecule has 0 saturated heterocycles. The summed E-state index contributed by atoms with van der Waals surface area (Å²) in [5.41, 5.74) is 3.47. The molecule has 1 heterocycles. The van der Waals surface area contributed by atoms with Crippen LogP contribution in [0.2, 0.25) is 0 Å². The number of nitrogens with zero attached hydrogens (tertiary/aromatic N) is 4. The minimum absolute atomic E-state index is 0.0422. The Hall–Kier alpha value is -3.43. The van der Waals surface area contributed by atoms with Crippen molar-refractivity contribution < 1.29 is 19.6 Å². The lowest BCUT2D eigenvalue weighted by Crippen LogP contribution is -2.24. The van der Waals surface area contributed by atoms with Crippen molar-refractivity contribution in [2.75, 3.05) is 7.11 Å². The summed E-state index contributed by atoms with van der Waals surface area (Å²) >= 11 is 0. The van der Waals surface area contributed by atoms with E-state index >= 15 is 0 Å². The number of carbonyl (C=O) groups is 1. The summed E-state index contributed by atoms with van der Waals surface area (Å²) in [6.07, 6.45) is 1.04. The lowest BCUT2D eigenvalue weighted by atomic mass is 10.2. The minimum atomic E-state index is -0.652. The molecule has 0 radical (unpaired) electrons. The summed E-state index contributed by atoms with van der Waals surface area (Å²) in [6.45, 7) is 3.58. The number of hydrogen-bond acceptors (Lipinski definition) is 7. The van der Waals surface area contributed by atoms with Crippen molar-refractivity contribution in [1.29, 1.82) is 0 Å². The number of aromatic nitrogens is 2. The van der Waals surface area contributed by atoms with Gasteiger partial charge in [-0.2, -0.15) is 10.2 Å². The van der Waals surface area contributed by atoms with Gasteiger partial charge in [0, 0.05) is 11.8 Å². The van der Waals surface area contributed by atoms with Gasteiger partial charge in [0.15, 0.2) is 0 Å². The van der Waals surface area contributed by atoms with Gasteiger partial charge in [-0.15, -0.1) is 0 Å². The van der Waals surface area contributed by atoms with E-state index in [1.807, 2.05) is 19.9 Å². The molecule has 2 rings (SSSR count). The Morgan fingerprint density at radius 1 is 1.44 bits per heavy atom. The summed E-state index contributed by atoms with van der Waals surface area (Å²) in [6, 6.07) is 3.91. The van der Waals surface area contributed by atoms with E-state index in [9.17, 15) is 20.0 Å². The molecule has 0 atom stereocenters. The van der Waals surface area contributed by atoms with E-state index < -0.39 is 16.6 Å². The third kappa shape index (κ3) is 4.31. The number of carbonyl (C=O) groups excluding carboxylic acids is 1. The van der Waals surface area contributed by atoms with Crippen LogP contribution >= 0.6 is 0 Å². The van der Waals surface area contributed by atoms with Gasteiger partial charge in [0.1, 0.15) is 12.3 Å². The third-order valence-electron chi connectivity index (χ3n) is 3.29. The maximum absolute atomic E-state index is 12.0. The lowest BCUT2D eigenvalue weighted by molar-refractivity contribution is -0.385. The first-order valence-electron chi connectivity index (χ1n) is 7.18. The van der Waals surface area contributed by atoms with Crippen LogP contribution in [0.15, 0.2) is 23.3 Å². The molecule has 1 aromatic carbocycles. The van der Waals surface area contributed by atoms with Gasteiger partial charge in [-0.25, -0.2) is 5.43 Å².